The molecule has 30 heavy (non-hydrogen) atoms. The zero-order valence-corrected chi connectivity index (χ0v) is 18.2. The second-order valence-electron chi connectivity index (χ2n) is 8.32. The number of amides is 1. The summed E-state index contributed by atoms with van der Waals surface area (Å²) in [4.78, 5) is 16.3. The van der Waals surface area contributed by atoms with Gasteiger partial charge < -0.3 is 9.80 Å². The molecule has 0 saturated carbocycles. The van der Waals surface area contributed by atoms with Crippen molar-refractivity contribution >= 4 is 33.0 Å². The van der Waals surface area contributed by atoms with Crippen LogP contribution in [0.5, 0.6) is 0 Å². The van der Waals surface area contributed by atoms with Gasteiger partial charge in [-0.05, 0) is 80.1 Å². The average molecular weight is 428 g/mol. The Morgan fingerprint density at radius 2 is 1.50 bits per heavy atom. The van der Waals surface area contributed by atoms with Crippen LogP contribution in [0.2, 0.25) is 0 Å². The van der Waals surface area contributed by atoms with Crippen LogP contribution < -0.4 is 14.5 Å². The quantitative estimate of drug-likeness (QED) is 0.775. The summed E-state index contributed by atoms with van der Waals surface area (Å²) in [5.41, 5.74) is 2.42. The minimum absolute atomic E-state index is 0.0956. The molecule has 2 aliphatic heterocycles. The summed E-state index contributed by atoms with van der Waals surface area (Å²) < 4.78 is 28.2. The second kappa shape index (κ2) is 8.68. The van der Waals surface area contributed by atoms with E-state index < -0.39 is 10.0 Å². The van der Waals surface area contributed by atoms with Crippen LogP contribution in [0.3, 0.4) is 0 Å². The van der Waals surface area contributed by atoms with Crippen molar-refractivity contribution in [2.75, 3.05) is 34.2 Å². The van der Waals surface area contributed by atoms with Gasteiger partial charge in [0, 0.05) is 43.1 Å². The van der Waals surface area contributed by atoms with Gasteiger partial charge in [0.05, 0.1) is 4.90 Å². The molecule has 2 aromatic rings. The van der Waals surface area contributed by atoms with Gasteiger partial charge in [0.1, 0.15) is 0 Å². The first-order valence-electron chi connectivity index (χ1n) is 10.7. The number of nitrogens with one attached hydrogen (secondary N) is 1. The van der Waals surface area contributed by atoms with Crippen molar-refractivity contribution in [1.82, 2.24) is 0 Å². The summed E-state index contributed by atoms with van der Waals surface area (Å²) in [5, 5.41) is 0. The van der Waals surface area contributed by atoms with Crippen molar-refractivity contribution in [2.24, 2.45) is 5.92 Å². The summed E-state index contributed by atoms with van der Waals surface area (Å²) in [6.45, 7) is 5.05. The second-order valence-corrected chi connectivity index (χ2v) is 10.0. The molecule has 0 spiro atoms. The Morgan fingerprint density at radius 3 is 2.13 bits per heavy atom. The van der Waals surface area contributed by atoms with Gasteiger partial charge in [0.25, 0.3) is 10.0 Å². The summed E-state index contributed by atoms with van der Waals surface area (Å²) >= 11 is 0. The molecule has 1 amide bonds. The van der Waals surface area contributed by atoms with Crippen LogP contribution in [0.25, 0.3) is 0 Å². The predicted octanol–water partition coefficient (Wildman–Crippen LogP) is 4.24. The molecule has 2 fully saturated rings. The van der Waals surface area contributed by atoms with Crippen LogP contribution in [-0.2, 0) is 14.8 Å². The third-order valence-electron chi connectivity index (χ3n) is 6.05. The third-order valence-corrected chi connectivity index (χ3v) is 7.45. The van der Waals surface area contributed by atoms with E-state index in [4.69, 9.17) is 0 Å². The molecule has 7 heteroatoms. The molecular weight excluding hydrogens is 398 g/mol. The number of hydrogen-bond acceptors (Lipinski definition) is 4. The van der Waals surface area contributed by atoms with Crippen molar-refractivity contribution in [2.45, 2.75) is 43.9 Å². The lowest BCUT2D eigenvalue weighted by Crippen LogP contribution is -2.35. The molecular formula is C23H29N3O3S. The number of sulfonamides is 1. The number of anilines is 3. The maximum atomic E-state index is 12.8. The normalized spacial score (nSPS) is 18.5. The molecule has 1 N–H and O–H groups in total. The molecule has 2 aliphatic rings. The monoisotopic (exact) mass is 427 g/mol. The Morgan fingerprint density at radius 1 is 0.867 bits per heavy atom. The first kappa shape index (κ1) is 20.7. The van der Waals surface area contributed by atoms with E-state index in [-0.39, 0.29) is 10.8 Å². The molecule has 0 atom stereocenters. The maximum absolute atomic E-state index is 12.8. The van der Waals surface area contributed by atoms with Crippen molar-refractivity contribution in [1.29, 1.82) is 0 Å². The van der Waals surface area contributed by atoms with Gasteiger partial charge in [0.2, 0.25) is 5.91 Å². The van der Waals surface area contributed by atoms with Gasteiger partial charge in [-0.3, -0.25) is 9.52 Å². The Bertz CT molecular complexity index is 979. The maximum Gasteiger partial charge on any atom is 0.261 e. The summed E-state index contributed by atoms with van der Waals surface area (Å²) in [6, 6.07) is 14.1. The topological polar surface area (TPSA) is 69.7 Å². The first-order chi connectivity index (χ1) is 14.4. The third kappa shape index (κ3) is 4.61. The van der Waals surface area contributed by atoms with Crippen LogP contribution in [0, 0.1) is 5.92 Å². The predicted molar refractivity (Wildman–Crippen MR) is 121 cm³/mol. The van der Waals surface area contributed by atoms with Crippen molar-refractivity contribution in [3.8, 4) is 0 Å². The first-order valence-corrected chi connectivity index (χ1v) is 12.2. The lowest BCUT2D eigenvalue weighted by atomic mass is 9.99. The Hall–Kier alpha value is -2.54. The zero-order chi connectivity index (χ0) is 21.1. The van der Waals surface area contributed by atoms with Gasteiger partial charge in [-0.25, -0.2) is 8.42 Å². The summed E-state index contributed by atoms with van der Waals surface area (Å²) in [6.07, 6.45) is 4.82. The van der Waals surface area contributed by atoms with E-state index in [2.05, 4.69) is 16.5 Å². The molecule has 6 nitrogen and oxygen atoms in total. The number of carbonyl (C=O) groups is 1. The fourth-order valence-electron chi connectivity index (χ4n) is 4.11. The van der Waals surface area contributed by atoms with E-state index >= 15 is 0 Å². The van der Waals surface area contributed by atoms with E-state index in [1.54, 1.807) is 29.2 Å². The van der Waals surface area contributed by atoms with E-state index in [9.17, 15) is 13.2 Å². The van der Waals surface area contributed by atoms with Crippen LogP contribution in [0.1, 0.15) is 39.0 Å². The highest BCUT2D eigenvalue weighted by atomic mass is 32.2. The highest BCUT2D eigenvalue weighted by Gasteiger charge is 2.21. The number of hydrogen-bond donors (Lipinski definition) is 1. The lowest BCUT2D eigenvalue weighted by Gasteiger charge is -2.32. The van der Waals surface area contributed by atoms with Gasteiger partial charge in [-0.1, -0.05) is 6.92 Å². The zero-order valence-electron chi connectivity index (χ0n) is 17.4. The van der Waals surface area contributed by atoms with Gasteiger partial charge in [-0.2, -0.15) is 0 Å². The molecule has 2 aromatic carbocycles. The van der Waals surface area contributed by atoms with Crippen molar-refractivity contribution in [3.05, 3.63) is 48.5 Å². The molecule has 0 bridgehead atoms. The van der Waals surface area contributed by atoms with E-state index in [1.807, 2.05) is 24.3 Å². The Kier molecular flexibility index (Phi) is 5.99. The minimum atomic E-state index is -3.69. The van der Waals surface area contributed by atoms with Gasteiger partial charge >= 0.3 is 0 Å². The van der Waals surface area contributed by atoms with Gasteiger partial charge in [0.15, 0.2) is 0 Å². The molecule has 0 unspecified atom stereocenters. The highest BCUT2D eigenvalue weighted by Crippen LogP contribution is 2.26. The lowest BCUT2D eigenvalue weighted by molar-refractivity contribution is -0.119. The molecule has 2 heterocycles. The molecule has 2 saturated heterocycles. The molecule has 160 valence electrons. The SMILES string of the molecule is CC1CCN(c2ccc(NS(=O)(=O)c3ccc(N4CCCCC4=O)cc3)cc2)CC1. The van der Waals surface area contributed by atoms with Crippen LogP contribution in [-0.4, -0.2) is 34.0 Å². The number of nitrogens with zero attached hydrogens (tertiary/aromatic N) is 2. The fourth-order valence-corrected chi connectivity index (χ4v) is 5.16. The van der Waals surface area contributed by atoms with E-state index in [1.165, 1.54) is 12.8 Å². The highest BCUT2D eigenvalue weighted by molar-refractivity contribution is 7.92. The van der Waals surface area contributed by atoms with Crippen LogP contribution in [0.4, 0.5) is 17.1 Å². The summed E-state index contributed by atoms with van der Waals surface area (Å²) in [7, 11) is -3.69. The molecule has 4 rings (SSSR count). The average Bonchev–Trinajstić information content (AvgIpc) is 2.75. The van der Waals surface area contributed by atoms with Crippen LogP contribution >= 0.6 is 0 Å². The smallest absolute Gasteiger partial charge is 0.261 e. The van der Waals surface area contributed by atoms with E-state index in [0.717, 1.165) is 43.2 Å². The fraction of sp³-hybridized carbons (Fsp3) is 0.435. The minimum Gasteiger partial charge on any atom is -0.372 e. The largest absolute Gasteiger partial charge is 0.372 e. The number of rotatable bonds is 5. The van der Waals surface area contributed by atoms with E-state index in [0.29, 0.717) is 18.7 Å². The standard InChI is InChI=1S/C23H29N3O3S/c1-18-13-16-25(17-14-18)20-7-5-19(6-8-20)24-30(28,29)22-11-9-21(10-12-22)26-15-3-2-4-23(26)27/h5-12,18,24H,2-4,13-17H2,1H3. The Balaban J connectivity index is 1.43. The molecule has 0 radical (unpaired) electrons. The number of benzene rings is 2. The van der Waals surface area contributed by atoms with Crippen molar-refractivity contribution in [3.63, 3.8) is 0 Å². The summed E-state index contributed by atoms with van der Waals surface area (Å²) in [5.74, 6) is 0.866. The van der Waals surface area contributed by atoms with Crippen molar-refractivity contribution < 1.29 is 13.2 Å². The van der Waals surface area contributed by atoms with Crippen LogP contribution in [0.15, 0.2) is 53.4 Å². The number of piperidine rings is 2. The molecule has 0 aromatic heterocycles. The van der Waals surface area contributed by atoms with Gasteiger partial charge in [-0.15, -0.1) is 0 Å². The number of carbonyl (C=O) groups excluding carboxylic acids is 1. The molecule has 0 aliphatic carbocycles. The Labute approximate surface area is 178 Å².